The number of hydrogen-bond donors (Lipinski definition) is 1. The van der Waals surface area contributed by atoms with Crippen LogP contribution in [-0.2, 0) is 9.53 Å². The Morgan fingerprint density at radius 3 is 2.32 bits per heavy atom. The molecule has 1 heterocycles. The Labute approximate surface area is 131 Å². The normalized spacial score (nSPS) is 17.7. The smallest absolute Gasteiger partial charge is 0.325 e. The number of carboxylic acids is 1. The van der Waals surface area contributed by atoms with Crippen LogP contribution in [0.5, 0.6) is 5.75 Å². The molecule has 0 bridgehead atoms. The molecule has 0 amide bonds. The average molecular weight is 307 g/mol. The highest BCUT2D eigenvalue weighted by molar-refractivity contribution is 5.75. The van der Waals surface area contributed by atoms with Crippen LogP contribution in [0.4, 0.5) is 0 Å². The molecule has 5 heteroatoms. The van der Waals surface area contributed by atoms with Crippen LogP contribution >= 0.6 is 0 Å². The first kappa shape index (κ1) is 16.8. The predicted molar refractivity (Wildman–Crippen MR) is 84.2 cm³/mol. The van der Waals surface area contributed by atoms with Crippen molar-refractivity contribution in [2.75, 3.05) is 33.4 Å². The number of carboxylic acid groups (broad SMARTS) is 1. The second kappa shape index (κ2) is 8.76. The fourth-order valence-corrected chi connectivity index (χ4v) is 2.85. The van der Waals surface area contributed by atoms with Gasteiger partial charge in [-0.25, -0.2) is 0 Å². The van der Waals surface area contributed by atoms with E-state index in [1.165, 1.54) is 12.8 Å². The number of likely N-dealkylation sites (tertiary alicyclic amines) is 1. The Kier molecular flexibility index (Phi) is 6.68. The van der Waals surface area contributed by atoms with Crippen LogP contribution in [0.2, 0.25) is 0 Å². The van der Waals surface area contributed by atoms with Gasteiger partial charge < -0.3 is 14.6 Å². The number of methoxy groups -OCH3 is 1. The molecule has 1 aromatic carbocycles. The second-order valence-corrected chi connectivity index (χ2v) is 5.60. The second-order valence-electron chi connectivity index (χ2n) is 5.60. The van der Waals surface area contributed by atoms with Gasteiger partial charge in [-0.05, 0) is 43.6 Å². The van der Waals surface area contributed by atoms with E-state index in [4.69, 9.17) is 9.47 Å². The molecule has 2 rings (SSSR count). The van der Waals surface area contributed by atoms with Gasteiger partial charge in [0.1, 0.15) is 18.4 Å². The molecule has 0 saturated carbocycles. The maximum Gasteiger partial charge on any atom is 0.325 e. The van der Waals surface area contributed by atoms with Gasteiger partial charge in [-0.3, -0.25) is 9.69 Å². The Hall–Kier alpha value is -1.59. The molecule has 1 atom stereocenters. The molecular formula is C17H25NO4. The molecule has 1 aliphatic heterocycles. The minimum atomic E-state index is -0.782. The van der Waals surface area contributed by atoms with Crippen LogP contribution in [0.15, 0.2) is 24.3 Å². The zero-order valence-electron chi connectivity index (χ0n) is 13.2. The lowest BCUT2D eigenvalue weighted by Gasteiger charge is -2.27. The summed E-state index contributed by atoms with van der Waals surface area (Å²) in [6.45, 7) is 2.73. The highest BCUT2D eigenvalue weighted by Gasteiger charge is 2.27. The van der Waals surface area contributed by atoms with Crippen molar-refractivity contribution in [2.45, 2.75) is 31.7 Å². The van der Waals surface area contributed by atoms with Gasteiger partial charge in [0.15, 0.2) is 0 Å². The standard InChI is InChI=1S/C17H25NO4/c1-21-12-13-22-15-8-6-14(7-9-15)16(17(19)20)18-10-4-2-3-5-11-18/h6-9,16H,2-5,10-13H2,1H3,(H,19,20)/t16-/m0/s1. The van der Waals surface area contributed by atoms with E-state index in [0.29, 0.717) is 13.2 Å². The van der Waals surface area contributed by atoms with Crippen molar-refractivity contribution in [3.63, 3.8) is 0 Å². The number of benzene rings is 1. The lowest BCUT2D eigenvalue weighted by atomic mass is 10.0. The Balaban J connectivity index is 2.06. The maximum atomic E-state index is 11.7. The highest BCUT2D eigenvalue weighted by Crippen LogP contribution is 2.26. The Morgan fingerprint density at radius 2 is 1.77 bits per heavy atom. The molecule has 0 unspecified atom stereocenters. The van der Waals surface area contributed by atoms with Gasteiger partial charge >= 0.3 is 5.97 Å². The van der Waals surface area contributed by atoms with E-state index in [2.05, 4.69) is 4.90 Å². The SMILES string of the molecule is COCCOc1ccc([C@@H](C(=O)O)N2CCCCCC2)cc1. The van der Waals surface area contributed by atoms with E-state index in [-0.39, 0.29) is 0 Å². The molecule has 122 valence electrons. The van der Waals surface area contributed by atoms with Gasteiger partial charge in [-0.15, -0.1) is 0 Å². The Morgan fingerprint density at radius 1 is 1.14 bits per heavy atom. The zero-order valence-corrected chi connectivity index (χ0v) is 13.2. The van der Waals surface area contributed by atoms with Gasteiger partial charge in [0, 0.05) is 7.11 Å². The first-order chi connectivity index (χ1) is 10.7. The van der Waals surface area contributed by atoms with Crippen molar-refractivity contribution in [1.82, 2.24) is 4.90 Å². The monoisotopic (exact) mass is 307 g/mol. The fraction of sp³-hybridized carbons (Fsp3) is 0.588. The summed E-state index contributed by atoms with van der Waals surface area (Å²) < 4.78 is 10.5. The number of ether oxygens (including phenoxy) is 2. The number of nitrogens with zero attached hydrogens (tertiary/aromatic N) is 1. The zero-order chi connectivity index (χ0) is 15.8. The van der Waals surface area contributed by atoms with Crippen molar-refractivity contribution in [3.05, 3.63) is 29.8 Å². The van der Waals surface area contributed by atoms with E-state index in [0.717, 1.165) is 37.2 Å². The van der Waals surface area contributed by atoms with Crippen LogP contribution in [0.1, 0.15) is 37.3 Å². The van der Waals surface area contributed by atoms with Crippen molar-refractivity contribution in [2.24, 2.45) is 0 Å². The number of carbonyl (C=O) groups is 1. The van der Waals surface area contributed by atoms with Gasteiger partial charge in [0.2, 0.25) is 0 Å². The molecule has 5 nitrogen and oxygen atoms in total. The molecule has 22 heavy (non-hydrogen) atoms. The van der Waals surface area contributed by atoms with Crippen LogP contribution in [0.25, 0.3) is 0 Å². The molecule has 1 fully saturated rings. The number of rotatable bonds is 7. The summed E-state index contributed by atoms with van der Waals surface area (Å²) in [5.74, 6) is -0.0456. The number of hydrogen-bond acceptors (Lipinski definition) is 4. The quantitative estimate of drug-likeness (QED) is 0.785. The predicted octanol–water partition coefficient (Wildman–Crippen LogP) is 2.71. The van der Waals surface area contributed by atoms with Crippen LogP contribution in [0.3, 0.4) is 0 Å². The summed E-state index contributed by atoms with van der Waals surface area (Å²) in [6, 6.07) is 6.81. The lowest BCUT2D eigenvalue weighted by molar-refractivity contribution is -0.143. The molecule has 0 radical (unpaired) electrons. The molecule has 0 spiro atoms. The average Bonchev–Trinajstić information content (AvgIpc) is 2.78. The topological polar surface area (TPSA) is 59.0 Å². The number of aliphatic carboxylic acids is 1. The Bertz CT molecular complexity index is 452. The summed E-state index contributed by atoms with van der Waals surface area (Å²) in [6.07, 6.45) is 4.52. The largest absolute Gasteiger partial charge is 0.491 e. The molecular weight excluding hydrogens is 282 g/mol. The van der Waals surface area contributed by atoms with Gasteiger partial charge in [0.25, 0.3) is 0 Å². The van der Waals surface area contributed by atoms with Gasteiger partial charge in [-0.2, -0.15) is 0 Å². The van der Waals surface area contributed by atoms with Gasteiger partial charge in [0.05, 0.1) is 6.61 Å². The van der Waals surface area contributed by atoms with Crippen molar-refractivity contribution in [1.29, 1.82) is 0 Å². The third kappa shape index (κ3) is 4.71. The van der Waals surface area contributed by atoms with Crippen molar-refractivity contribution >= 4 is 5.97 Å². The van der Waals surface area contributed by atoms with Crippen molar-refractivity contribution < 1.29 is 19.4 Å². The van der Waals surface area contributed by atoms with E-state index in [1.54, 1.807) is 7.11 Å². The van der Waals surface area contributed by atoms with E-state index in [1.807, 2.05) is 24.3 Å². The minimum Gasteiger partial charge on any atom is -0.491 e. The fourth-order valence-electron chi connectivity index (χ4n) is 2.85. The van der Waals surface area contributed by atoms with E-state index in [9.17, 15) is 9.90 Å². The first-order valence-corrected chi connectivity index (χ1v) is 7.91. The molecule has 1 saturated heterocycles. The minimum absolute atomic E-state index is 0.490. The van der Waals surface area contributed by atoms with Crippen LogP contribution in [0, 0.1) is 0 Å². The van der Waals surface area contributed by atoms with Crippen molar-refractivity contribution in [3.8, 4) is 5.75 Å². The van der Waals surface area contributed by atoms with Gasteiger partial charge in [-0.1, -0.05) is 25.0 Å². The van der Waals surface area contributed by atoms with Crippen LogP contribution < -0.4 is 4.74 Å². The van der Waals surface area contributed by atoms with E-state index >= 15 is 0 Å². The summed E-state index contributed by atoms with van der Waals surface area (Å²) in [4.78, 5) is 13.8. The third-order valence-corrected chi connectivity index (χ3v) is 3.99. The summed E-state index contributed by atoms with van der Waals surface area (Å²) >= 11 is 0. The molecule has 0 aromatic heterocycles. The third-order valence-electron chi connectivity index (χ3n) is 3.99. The maximum absolute atomic E-state index is 11.7. The summed E-state index contributed by atoms with van der Waals surface area (Å²) in [7, 11) is 1.63. The lowest BCUT2D eigenvalue weighted by Crippen LogP contribution is -2.34. The summed E-state index contributed by atoms with van der Waals surface area (Å²) in [5, 5.41) is 9.62. The molecule has 1 aromatic rings. The highest BCUT2D eigenvalue weighted by atomic mass is 16.5. The molecule has 1 N–H and O–H groups in total. The summed E-state index contributed by atoms with van der Waals surface area (Å²) in [5.41, 5.74) is 0.813. The molecule has 1 aliphatic rings. The first-order valence-electron chi connectivity index (χ1n) is 7.91. The van der Waals surface area contributed by atoms with Crippen LogP contribution in [-0.4, -0.2) is 49.4 Å². The molecule has 0 aliphatic carbocycles. The van der Waals surface area contributed by atoms with E-state index < -0.39 is 12.0 Å².